The fourth-order valence-electron chi connectivity index (χ4n) is 2.73. The van der Waals surface area contributed by atoms with Crippen LogP contribution in [0, 0.1) is 10.8 Å². The molecule has 0 atom stereocenters. The molecule has 19 heavy (non-hydrogen) atoms. The van der Waals surface area contributed by atoms with E-state index < -0.39 is 10.0 Å². The Morgan fingerprint density at radius 1 is 1.16 bits per heavy atom. The molecule has 0 saturated heterocycles. The SMILES string of the molecule is CC(C)(C)CCOCC1(CS(N)(=O)=O)CCCCC1. The van der Waals surface area contributed by atoms with Crippen LogP contribution in [0.25, 0.3) is 0 Å². The van der Waals surface area contributed by atoms with E-state index in [0.717, 1.165) is 32.1 Å². The monoisotopic (exact) mass is 291 g/mol. The van der Waals surface area contributed by atoms with Crippen LogP contribution in [0.5, 0.6) is 0 Å². The average molecular weight is 291 g/mol. The maximum Gasteiger partial charge on any atom is 0.209 e. The first-order valence-electron chi connectivity index (χ1n) is 7.20. The lowest BCUT2D eigenvalue weighted by Gasteiger charge is -2.36. The summed E-state index contributed by atoms with van der Waals surface area (Å²) >= 11 is 0. The third-order valence-electron chi connectivity index (χ3n) is 3.83. The molecule has 1 fully saturated rings. The van der Waals surface area contributed by atoms with Crippen LogP contribution in [0.1, 0.15) is 59.3 Å². The van der Waals surface area contributed by atoms with Crippen LogP contribution >= 0.6 is 0 Å². The number of rotatable bonds is 6. The quantitative estimate of drug-likeness (QED) is 0.765. The van der Waals surface area contributed by atoms with Crippen LogP contribution in [0.15, 0.2) is 0 Å². The molecule has 1 aliphatic rings. The van der Waals surface area contributed by atoms with E-state index in [0.29, 0.717) is 13.2 Å². The van der Waals surface area contributed by atoms with Crippen molar-refractivity contribution in [1.82, 2.24) is 0 Å². The number of sulfonamides is 1. The summed E-state index contributed by atoms with van der Waals surface area (Å²) in [4.78, 5) is 0. The molecule has 0 unspecified atom stereocenters. The molecule has 0 bridgehead atoms. The molecule has 0 aromatic carbocycles. The van der Waals surface area contributed by atoms with Gasteiger partial charge in [0, 0.05) is 12.0 Å². The van der Waals surface area contributed by atoms with Crippen molar-refractivity contribution in [2.45, 2.75) is 59.3 Å². The molecule has 1 aliphatic carbocycles. The highest BCUT2D eigenvalue weighted by molar-refractivity contribution is 7.89. The van der Waals surface area contributed by atoms with Gasteiger partial charge in [-0.2, -0.15) is 0 Å². The minimum absolute atomic E-state index is 0.0650. The first-order chi connectivity index (χ1) is 8.62. The molecule has 0 aromatic rings. The van der Waals surface area contributed by atoms with Crippen molar-refractivity contribution in [3.8, 4) is 0 Å². The van der Waals surface area contributed by atoms with E-state index in [1.165, 1.54) is 6.42 Å². The second kappa shape index (κ2) is 6.55. The first-order valence-corrected chi connectivity index (χ1v) is 8.92. The van der Waals surface area contributed by atoms with Crippen LogP contribution in [0.3, 0.4) is 0 Å². The highest BCUT2D eigenvalue weighted by Crippen LogP contribution is 2.37. The van der Waals surface area contributed by atoms with Crippen molar-refractivity contribution in [3.05, 3.63) is 0 Å². The van der Waals surface area contributed by atoms with Crippen molar-refractivity contribution in [3.63, 3.8) is 0 Å². The second-order valence-electron chi connectivity index (χ2n) is 7.23. The van der Waals surface area contributed by atoms with Crippen LogP contribution in [0.2, 0.25) is 0 Å². The summed E-state index contributed by atoms with van der Waals surface area (Å²) in [5.41, 5.74) is 0.00336. The molecule has 1 saturated carbocycles. The standard InChI is InChI=1S/C14H29NO3S/c1-13(2,3)9-10-18-11-14(12-19(15,16)17)7-5-4-6-8-14/h4-12H2,1-3H3,(H2,15,16,17). The lowest BCUT2D eigenvalue weighted by Crippen LogP contribution is -2.39. The zero-order chi connectivity index (χ0) is 14.6. The van der Waals surface area contributed by atoms with Crippen molar-refractivity contribution in [2.75, 3.05) is 19.0 Å². The van der Waals surface area contributed by atoms with Gasteiger partial charge in [0.2, 0.25) is 10.0 Å². The van der Waals surface area contributed by atoms with Gasteiger partial charge < -0.3 is 4.74 Å². The van der Waals surface area contributed by atoms with E-state index in [4.69, 9.17) is 9.88 Å². The van der Waals surface area contributed by atoms with Crippen LogP contribution in [0.4, 0.5) is 0 Å². The van der Waals surface area contributed by atoms with Crippen LogP contribution < -0.4 is 5.14 Å². The minimum Gasteiger partial charge on any atom is -0.381 e. The van der Waals surface area contributed by atoms with E-state index in [1.54, 1.807) is 0 Å². The van der Waals surface area contributed by atoms with Gasteiger partial charge in [0.25, 0.3) is 0 Å². The van der Waals surface area contributed by atoms with Gasteiger partial charge in [0.1, 0.15) is 0 Å². The summed E-state index contributed by atoms with van der Waals surface area (Å²) in [5, 5.41) is 5.24. The Bertz CT molecular complexity index is 365. The lowest BCUT2D eigenvalue weighted by atomic mass is 9.76. The average Bonchev–Trinajstić information content (AvgIpc) is 2.22. The number of ether oxygens (including phenoxy) is 1. The van der Waals surface area contributed by atoms with E-state index in [9.17, 15) is 8.42 Å². The molecule has 1 rings (SSSR count). The van der Waals surface area contributed by atoms with E-state index >= 15 is 0 Å². The van der Waals surface area contributed by atoms with Gasteiger partial charge in [-0.25, -0.2) is 13.6 Å². The molecule has 0 heterocycles. The van der Waals surface area contributed by atoms with E-state index in [-0.39, 0.29) is 16.6 Å². The summed E-state index contributed by atoms with van der Waals surface area (Å²) in [6.45, 7) is 7.75. The molecule has 0 amide bonds. The topological polar surface area (TPSA) is 69.4 Å². The second-order valence-corrected chi connectivity index (χ2v) is 8.85. The summed E-state index contributed by atoms with van der Waals surface area (Å²) in [5.74, 6) is 0.0650. The van der Waals surface area contributed by atoms with Gasteiger partial charge >= 0.3 is 0 Å². The Kier molecular flexibility index (Phi) is 5.83. The van der Waals surface area contributed by atoms with Gasteiger partial charge in [0.15, 0.2) is 0 Å². The molecule has 0 aliphatic heterocycles. The Balaban J connectivity index is 2.51. The van der Waals surface area contributed by atoms with E-state index in [2.05, 4.69) is 20.8 Å². The molecule has 0 aromatic heterocycles. The Morgan fingerprint density at radius 2 is 1.74 bits per heavy atom. The Hall–Kier alpha value is -0.130. The highest BCUT2D eigenvalue weighted by atomic mass is 32.2. The zero-order valence-electron chi connectivity index (χ0n) is 12.6. The zero-order valence-corrected chi connectivity index (χ0v) is 13.4. The van der Waals surface area contributed by atoms with Crippen molar-refractivity contribution in [1.29, 1.82) is 0 Å². The third-order valence-corrected chi connectivity index (χ3v) is 4.84. The first kappa shape index (κ1) is 16.9. The number of primary sulfonamides is 1. The summed E-state index contributed by atoms with van der Waals surface area (Å²) in [6, 6.07) is 0. The van der Waals surface area contributed by atoms with E-state index in [1.807, 2.05) is 0 Å². The number of nitrogens with two attached hydrogens (primary N) is 1. The number of hydrogen-bond acceptors (Lipinski definition) is 3. The van der Waals surface area contributed by atoms with Crippen molar-refractivity contribution >= 4 is 10.0 Å². The van der Waals surface area contributed by atoms with Gasteiger partial charge in [-0.1, -0.05) is 40.0 Å². The molecule has 2 N–H and O–H groups in total. The molecular formula is C14H29NO3S. The Labute approximate surface area is 118 Å². The highest BCUT2D eigenvalue weighted by Gasteiger charge is 2.36. The smallest absolute Gasteiger partial charge is 0.209 e. The largest absolute Gasteiger partial charge is 0.381 e. The van der Waals surface area contributed by atoms with Crippen molar-refractivity contribution in [2.24, 2.45) is 16.0 Å². The molecule has 0 spiro atoms. The fraction of sp³-hybridized carbons (Fsp3) is 1.00. The van der Waals surface area contributed by atoms with Gasteiger partial charge in [-0.15, -0.1) is 0 Å². The van der Waals surface area contributed by atoms with Crippen LogP contribution in [-0.2, 0) is 14.8 Å². The normalized spacial score (nSPS) is 20.4. The predicted molar refractivity (Wildman–Crippen MR) is 78.4 cm³/mol. The van der Waals surface area contributed by atoms with Gasteiger partial charge in [-0.05, 0) is 24.7 Å². The summed E-state index contributed by atoms with van der Waals surface area (Å²) < 4.78 is 28.6. The number of hydrogen-bond donors (Lipinski definition) is 1. The van der Waals surface area contributed by atoms with Crippen molar-refractivity contribution < 1.29 is 13.2 Å². The predicted octanol–water partition coefficient (Wildman–Crippen LogP) is 2.68. The maximum atomic E-state index is 11.4. The minimum atomic E-state index is -3.43. The molecule has 5 heteroatoms. The lowest BCUT2D eigenvalue weighted by molar-refractivity contribution is 0.0227. The molecule has 0 radical (unpaired) electrons. The summed E-state index contributed by atoms with van der Waals surface area (Å²) in [7, 11) is -3.43. The molecular weight excluding hydrogens is 262 g/mol. The van der Waals surface area contributed by atoms with Crippen LogP contribution in [-0.4, -0.2) is 27.4 Å². The van der Waals surface area contributed by atoms with Gasteiger partial charge in [0.05, 0.1) is 12.4 Å². The summed E-state index contributed by atoms with van der Waals surface area (Å²) in [6.07, 6.45) is 6.17. The molecule has 114 valence electrons. The van der Waals surface area contributed by atoms with Gasteiger partial charge in [-0.3, -0.25) is 0 Å². The Morgan fingerprint density at radius 3 is 2.21 bits per heavy atom. The maximum absolute atomic E-state index is 11.4. The third kappa shape index (κ3) is 7.28. The molecule has 4 nitrogen and oxygen atoms in total. The fourth-order valence-corrected chi connectivity index (χ4v) is 3.95.